The van der Waals surface area contributed by atoms with Crippen LogP contribution in [0.3, 0.4) is 0 Å². The number of carbonyl (C=O) groups excluding carboxylic acids is 2. The summed E-state index contributed by atoms with van der Waals surface area (Å²) in [6.07, 6.45) is 2.68. The zero-order chi connectivity index (χ0) is 22.2. The smallest absolute Gasteiger partial charge is 0.310 e. The number of aromatic amines is 1. The molecule has 0 aliphatic carbocycles. The Bertz CT molecular complexity index is 1170. The first-order valence-electron chi connectivity index (χ1n) is 10.8. The topological polar surface area (TPSA) is 62.4 Å². The van der Waals surface area contributed by atoms with Crippen molar-refractivity contribution < 1.29 is 14.3 Å². The maximum absolute atomic E-state index is 12.9. The van der Waals surface area contributed by atoms with Crippen molar-refractivity contribution in [3.63, 3.8) is 0 Å². The number of nitrogens with zero attached hydrogens (tertiary/aromatic N) is 1. The predicted octanol–water partition coefficient (Wildman–Crippen LogP) is 4.53. The number of esters is 1. The molecule has 4 rings (SSSR count). The van der Waals surface area contributed by atoms with Gasteiger partial charge in [-0.05, 0) is 29.2 Å². The molecule has 0 spiro atoms. The molecule has 32 heavy (non-hydrogen) atoms. The molecule has 4 aromatic rings. The van der Waals surface area contributed by atoms with Crippen LogP contribution in [0.4, 0.5) is 0 Å². The molecule has 5 heteroatoms. The van der Waals surface area contributed by atoms with E-state index in [-0.39, 0.29) is 18.9 Å². The minimum Gasteiger partial charge on any atom is -0.455 e. The summed E-state index contributed by atoms with van der Waals surface area (Å²) in [6, 6.07) is 27.7. The summed E-state index contributed by atoms with van der Waals surface area (Å²) in [5.74, 6) is -0.608. The van der Waals surface area contributed by atoms with Crippen LogP contribution in [0, 0.1) is 0 Å². The van der Waals surface area contributed by atoms with Gasteiger partial charge in [0.2, 0.25) is 0 Å². The third kappa shape index (κ3) is 5.64. The van der Waals surface area contributed by atoms with Gasteiger partial charge < -0.3 is 14.6 Å². The van der Waals surface area contributed by atoms with Crippen molar-refractivity contribution >= 4 is 22.8 Å². The van der Waals surface area contributed by atoms with Gasteiger partial charge in [-0.2, -0.15) is 0 Å². The van der Waals surface area contributed by atoms with Gasteiger partial charge in [-0.1, -0.05) is 78.9 Å². The van der Waals surface area contributed by atoms with Crippen molar-refractivity contribution in [2.45, 2.75) is 19.4 Å². The summed E-state index contributed by atoms with van der Waals surface area (Å²) in [6.45, 7) is 0.771. The molecular weight excluding hydrogens is 400 g/mol. The molecule has 3 aromatic carbocycles. The molecule has 1 N–H and O–H groups in total. The molecule has 0 aliphatic heterocycles. The van der Waals surface area contributed by atoms with E-state index in [2.05, 4.69) is 4.98 Å². The highest BCUT2D eigenvalue weighted by Gasteiger charge is 2.17. The number of rotatable bonds is 9. The molecule has 1 heterocycles. The molecule has 1 aromatic heterocycles. The van der Waals surface area contributed by atoms with Crippen molar-refractivity contribution in [1.82, 2.24) is 9.88 Å². The van der Waals surface area contributed by atoms with E-state index in [1.807, 2.05) is 91.1 Å². The van der Waals surface area contributed by atoms with Crippen LogP contribution in [0.2, 0.25) is 0 Å². The van der Waals surface area contributed by atoms with Gasteiger partial charge in [0.05, 0.1) is 6.42 Å². The highest BCUT2D eigenvalue weighted by molar-refractivity contribution is 5.88. The Hall–Kier alpha value is -3.86. The van der Waals surface area contributed by atoms with E-state index in [1.165, 1.54) is 0 Å². The molecule has 162 valence electrons. The van der Waals surface area contributed by atoms with Gasteiger partial charge in [0.1, 0.15) is 0 Å². The second kappa shape index (κ2) is 10.4. The molecular formula is C27H26N2O3. The highest BCUT2D eigenvalue weighted by Crippen LogP contribution is 2.18. The predicted molar refractivity (Wildman–Crippen MR) is 125 cm³/mol. The average molecular weight is 427 g/mol. The number of benzene rings is 3. The summed E-state index contributed by atoms with van der Waals surface area (Å²) in [5.41, 5.74) is 4.04. The second-order valence-electron chi connectivity index (χ2n) is 7.73. The van der Waals surface area contributed by atoms with Crippen LogP contribution in [0.25, 0.3) is 10.9 Å². The first kappa shape index (κ1) is 21.4. The van der Waals surface area contributed by atoms with E-state index in [1.54, 1.807) is 4.90 Å². The van der Waals surface area contributed by atoms with Crippen LogP contribution < -0.4 is 0 Å². The van der Waals surface area contributed by atoms with E-state index in [0.717, 1.165) is 34.0 Å². The number of H-pyrrole nitrogens is 1. The number of aromatic nitrogens is 1. The summed E-state index contributed by atoms with van der Waals surface area (Å²) in [7, 11) is 0. The minimum absolute atomic E-state index is 0.125. The van der Waals surface area contributed by atoms with Crippen molar-refractivity contribution in [3.8, 4) is 0 Å². The number of nitrogens with one attached hydrogen (secondary N) is 1. The van der Waals surface area contributed by atoms with Gasteiger partial charge in [0, 0.05) is 30.2 Å². The molecule has 5 nitrogen and oxygen atoms in total. The van der Waals surface area contributed by atoms with Crippen LogP contribution in [0.1, 0.15) is 16.7 Å². The normalized spacial score (nSPS) is 10.8. The lowest BCUT2D eigenvalue weighted by Gasteiger charge is -2.23. The summed E-state index contributed by atoms with van der Waals surface area (Å²) >= 11 is 0. The van der Waals surface area contributed by atoms with Crippen molar-refractivity contribution in [3.05, 3.63) is 108 Å². The lowest BCUT2D eigenvalue weighted by molar-refractivity contribution is -0.151. The molecule has 0 fully saturated rings. The van der Waals surface area contributed by atoms with E-state index in [0.29, 0.717) is 13.1 Å². The molecule has 0 saturated carbocycles. The number of para-hydroxylation sites is 1. The van der Waals surface area contributed by atoms with Crippen LogP contribution in [-0.4, -0.2) is 34.9 Å². The molecule has 0 unspecified atom stereocenters. The first-order valence-corrected chi connectivity index (χ1v) is 10.8. The lowest BCUT2D eigenvalue weighted by Crippen LogP contribution is -2.36. The van der Waals surface area contributed by atoms with Crippen LogP contribution in [-0.2, 0) is 33.7 Å². The Balaban J connectivity index is 1.36. The first-order chi connectivity index (χ1) is 15.7. The number of hydrogen-bond acceptors (Lipinski definition) is 3. The zero-order valence-corrected chi connectivity index (χ0v) is 17.9. The lowest BCUT2D eigenvalue weighted by atomic mass is 10.1. The highest BCUT2D eigenvalue weighted by atomic mass is 16.5. The van der Waals surface area contributed by atoms with Gasteiger partial charge in [-0.25, -0.2) is 0 Å². The number of ether oxygens (including phenoxy) is 1. The van der Waals surface area contributed by atoms with Crippen molar-refractivity contribution in [2.75, 3.05) is 13.2 Å². The number of carbonyl (C=O) groups is 2. The second-order valence-corrected chi connectivity index (χ2v) is 7.73. The number of hydrogen-bond donors (Lipinski definition) is 1. The number of fused-ring (bicyclic) bond motifs is 1. The Labute approximate surface area is 187 Å². The molecule has 0 aliphatic rings. The third-order valence-corrected chi connectivity index (χ3v) is 5.45. The monoisotopic (exact) mass is 426 g/mol. The Morgan fingerprint density at radius 3 is 2.22 bits per heavy atom. The van der Waals surface area contributed by atoms with E-state index >= 15 is 0 Å². The minimum atomic E-state index is -0.411. The largest absolute Gasteiger partial charge is 0.455 e. The van der Waals surface area contributed by atoms with E-state index in [4.69, 9.17) is 4.74 Å². The summed E-state index contributed by atoms with van der Waals surface area (Å²) < 4.78 is 5.35. The molecule has 0 radical (unpaired) electrons. The maximum Gasteiger partial charge on any atom is 0.310 e. The van der Waals surface area contributed by atoms with Crippen molar-refractivity contribution in [2.24, 2.45) is 0 Å². The van der Waals surface area contributed by atoms with Gasteiger partial charge in [0.15, 0.2) is 6.61 Å². The molecule has 0 bridgehead atoms. The maximum atomic E-state index is 12.9. The fourth-order valence-electron chi connectivity index (χ4n) is 3.72. The van der Waals surface area contributed by atoms with E-state index in [9.17, 15) is 9.59 Å². The third-order valence-electron chi connectivity index (χ3n) is 5.45. The van der Waals surface area contributed by atoms with Crippen LogP contribution in [0.5, 0.6) is 0 Å². The van der Waals surface area contributed by atoms with Crippen LogP contribution >= 0.6 is 0 Å². The molecule has 0 atom stereocenters. The standard InChI is InChI=1S/C27H26N2O3/c30-26(20-32-27(31)17-23-18-28-25-14-8-7-13-24(23)25)29(19-22-11-5-2-6-12-22)16-15-21-9-3-1-4-10-21/h1-14,18,28H,15-17,19-20H2. The number of amides is 1. The zero-order valence-electron chi connectivity index (χ0n) is 17.9. The quantitative estimate of drug-likeness (QED) is 0.400. The fraction of sp³-hybridized carbons (Fsp3) is 0.185. The van der Waals surface area contributed by atoms with Gasteiger partial charge in [-0.3, -0.25) is 9.59 Å². The average Bonchev–Trinajstić information content (AvgIpc) is 3.24. The van der Waals surface area contributed by atoms with E-state index < -0.39 is 5.97 Å². The summed E-state index contributed by atoms with van der Waals surface area (Å²) in [5, 5.41) is 0.990. The Morgan fingerprint density at radius 1 is 0.812 bits per heavy atom. The fourth-order valence-corrected chi connectivity index (χ4v) is 3.72. The Kier molecular flexibility index (Phi) is 6.98. The SMILES string of the molecule is O=C(Cc1c[nH]c2ccccc12)OCC(=O)N(CCc1ccccc1)Cc1ccccc1. The molecule has 1 amide bonds. The van der Waals surface area contributed by atoms with Gasteiger partial charge in [-0.15, -0.1) is 0 Å². The Morgan fingerprint density at radius 2 is 1.47 bits per heavy atom. The van der Waals surface area contributed by atoms with Gasteiger partial charge >= 0.3 is 5.97 Å². The van der Waals surface area contributed by atoms with Gasteiger partial charge in [0.25, 0.3) is 5.91 Å². The van der Waals surface area contributed by atoms with Crippen molar-refractivity contribution in [1.29, 1.82) is 0 Å². The van der Waals surface area contributed by atoms with Crippen LogP contribution in [0.15, 0.2) is 91.1 Å². The summed E-state index contributed by atoms with van der Waals surface area (Å²) in [4.78, 5) is 30.2. The molecule has 0 saturated heterocycles.